The van der Waals surface area contributed by atoms with E-state index in [0.717, 1.165) is 5.56 Å². The molecule has 0 spiro atoms. The maximum Gasteiger partial charge on any atom is 2.00 e. The van der Waals surface area contributed by atoms with Crippen LogP contribution in [0, 0.1) is 26.5 Å². The summed E-state index contributed by atoms with van der Waals surface area (Å²) in [5.41, 5.74) is 1.14. The Labute approximate surface area is 89.6 Å². The summed E-state index contributed by atoms with van der Waals surface area (Å²) >= 11 is 0. The van der Waals surface area contributed by atoms with Crippen molar-refractivity contribution in [2.45, 2.75) is 6.92 Å². The van der Waals surface area contributed by atoms with Gasteiger partial charge in [0.2, 0.25) is 0 Å². The molecule has 2 heteroatoms. The van der Waals surface area contributed by atoms with E-state index in [-0.39, 0.29) is 47.0 Å². The molecule has 1 rings (SSSR count). The van der Waals surface area contributed by atoms with Crippen molar-refractivity contribution in [1.82, 2.24) is 0 Å². The van der Waals surface area contributed by atoms with Crippen molar-refractivity contribution in [3.8, 4) is 0 Å². The molecular weight excluding hydrogens is 331 g/mol. The van der Waals surface area contributed by atoms with Crippen LogP contribution in [-0.2, 0) is 39.6 Å². The Morgan fingerprint density at radius 3 is 2.10 bits per heavy atom. The van der Waals surface area contributed by atoms with Gasteiger partial charge in [-0.3, -0.25) is 23.8 Å². The quantitative estimate of drug-likeness (QED) is 0.635. The summed E-state index contributed by atoms with van der Waals surface area (Å²) in [6.07, 6.45) is 0. The summed E-state index contributed by atoms with van der Waals surface area (Å²) in [5.74, 6) is 0. The van der Waals surface area contributed by atoms with Crippen molar-refractivity contribution in [2.75, 3.05) is 0 Å². The number of aryl methyl sites for hydroxylation is 1. The van der Waals surface area contributed by atoms with E-state index >= 15 is 0 Å². The Morgan fingerprint density at radius 2 is 1.90 bits per heavy atom. The van der Waals surface area contributed by atoms with Crippen LogP contribution in [-0.4, -0.2) is 0 Å². The number of hydrogen-bond donors (Lipinski definition) is 0. The van der Waals surface area contributed by atoms with Crippen molar-refractivity contribution < 1.29 is 39.6 Å². The standard InChI is InChI=1S/C7H6.CH3.V.W/c1-7-5-3-2-4-6-7;;;/h2-3,6H,1H3;1H3;;/q-2;-1;+2;. The minimum atomic E-state index is 0. The molecular formula is C8H9VW-. The summed E-state index contributed by atoms with van der Waals surface area (Å²) in [6, 6.07) is 11.5. The fraction of sp³-hybridized carbons (Fsp3) is 0.125. The van der Waals surface area contributed by atoms with Crippen LogP contribution in [0.5, 0.6) is 0 Å². The van der Waals surface area contributed by atoms with Crippen molar-refractivity contribution in [2.24, 2.45) is 0 Å². The Balaban J connectivity index is -0.000000163. The van der Waals surface area contributed by atoms with Crippen molar-refractivity contribution >= 4 is 0 Å². The molecule has 1 aromatic carbocycles. The van der Waals surface area contributed by atoms with Crippen molar-refractivity contribution in [1.29, 1.82) is 0 Å². The van der Waals surface area contributed by atoms with Gasteiger partial charge in [-0.05, 0) is 0 Å². The molecule has 0 aliphatic carbocycles. The molecule has 0 nitrogen and oxygen atoms in total. The SMILES string of the molecule is Cc1[c-]cc[c-]c1.[CH3-].[V+2].[W]. The summed E-state index contributed by atoms with van der Waals surface area (Å²) in [6.45, 7) is 2.00. The van der Waals surface area contributed by atoms with E-state index in [0.29, 0.717) is 0 Å². The van der Waals surface area contributed by atoms with E-state index in [2.05, 4.69) is 12.1 Å². The normalized spacial score (nSPS) is 6.10. The van der Waals surface area contributed by atoms with Crippen LogP contribution < -0.4 is 0 Å². The average molecular weight is 340 g/mol. The second-order valence-electron chi connectivity index (χ2n) is 1.47. The van der Waals surface area contributed by atoms with Gasteiger partial charge in [0, 0.05) is 21.1 Å². The predicted molar refractivity (Wildman–Crippen MR) is 35.3 cm³/mol. The Bertz CT molecular complexity index is 139. The van der Waals surface area contributed by atoms with Crippen LogP contribution in [0.4, 0.5) is 0 Å². The maximum atomic E-state index is 3.00. The zero-order valence-corrected chi connectivity index (χ0v) is 10.4. The largest absolute Gasteiger partial charge is 2.00 e. The molecule has 0 aliphatic rings. The van der Waals surface area contributed by atoms with E-state index in [4.69, 9.17) is 0 Å². The van der Waals surface area contributed by atoms with Gasteiger partial charge in [-0.1, -0.05) is 0 Å². The molecule has 0 aromatic heterocycles. The van der Waals surface area contributed by atoms with E-state index in [1.165, 1.54) is 0 Å². The number of benzene rings is 1. The first kappa shape index (κ1) is 16.8. The molecule has 10 heavy (non-hydrogen) atoms. The fourth-order valence-corrected chi connectivity index (χ4v) is 0.436. The Kier molecular flexibility index (Phi) is 16.0. The molecule has 0 atom stereocenters. The van der Waals surface area contributed by atoms with Gasteiger partial charge in [0.15, 0.2) is 0 Å². The molecule has 0 saturated carbocycles. The third kappa shape index (κ3) is 6.61. The van der Waals surface area contributed by atoms with E-state index in [9.17, 15) is 0 Å². The summed E-state index contributed by atoms with van der Waals surface area (Å²) in [5, 5.41) is 0. The fourth-order valence-electron chi connectivity index (χ4n) is 0.436. The van der Waals surface area contributed by atoms with Gasteiger partial charge >= 0.3 is 18.6 Å². The molecule has 0 N–H and O–H groups in total. The van der Waals surface area contributed by atoms with Gasteiger partial charge < -0.3 is 19.6 Å². The van der Waals surface area contributed by atoms with Crippen LogP contribution in [0.15, 0.2) is 18.2 Å². The van der Waals surface area contributed by atoms with Crippen LogP contribution in [0.3, 0.4) is 0 Å². The Morgan fingerprint density at radius 1 is 1.30 bits per heavy atom. The van der Waals surface area contributed by atoms with E-state index in [1.807, 2.05) is 25.1 Å². The summed E-state index contributed by atoms with van der Waals surface area (Å²) in [4.78, 5) is 0. The third-order valence-corrected chi connectivity index (χ3v) is 0.790. The molecule has 0 amide bonds. The predicted octanol–water partition coefficient (Wildman–Crippen LogP) is 2.04. The summed E-state index contributed by atoms with van der Waals surface area (Å²) < 4.78 is 0. The van der Waals surface area contributed by atoms with E-state index in [1.54, 1.807) is 0 Å². The van der Waals surface area contributed by atoms with Gasteiger partial charge in [-0.2, -0.15) is 0 Å². The first-order chi connectivity index (χ1) is 3.39. The average Bonchev–Trinajstić information content (AvgIpc) is 1.69. The van der Waals surface area contributed by atoms with Gasteiger partial charge in [0.1, 0.15) is 0 Å². The minimum absolute atomic E-state index is 0. The molecule has 0 saturated heterocycles. The molecule has 0 bridgehead atoms. The second-order valence-corrected chi connectivity index (χ2v) is 1.47. The molecule has 53 valence electrons. The van der Waals surface area contributed by atoms with Gasteiger partial charge in [-0.15, -0.1) is 6.92 Å². The minimum Gasteiger partial charge on any atom is -0.358 e. The van der Waals surface area contributed by atoms with Crippen LogP contribution in [0.25, 0.3) is 0 Å². The van der Waals surface area contributed by atoms with Crippen LogP contribution in [0.1, 0.15) is 5.56 Å². The second kappa shape index (κ2) is 9.49. The smallest absolute Gasteiger partial charge is 0.358 e. The van der Waals surface area contributed by atoms with Crippen LogP contribution >= 0.6 is 0 Å². The van der Waals surface area contributed by atoms with Crippen LogP contribution in [0.2, 0.25) is 0 Å². The first-order valence-corrected chi connectivity index (χ1v) is 2.24. The third-order valence-electron chi connectivity index (χ3n) is 0.790. The van der Waals surface area contributed by atoms with Gasteiger partial charge in [0.25, 0.3) is 0 Å². The number of hydrogen-bond acceptors (Lipinski definition) is 0. The van der Waals surface area contributed by atoms with Crippen molar-refractivity contribution in [3.05, 3.63) is 43.3 Å². The molecule has 0 fully saturated rings. The monoisotopic (exact) mass is 340 g/mol. The molecule has 0 heterocycles. The Hall–Kier alpha value is 0.493. The topological polar surface area (TPSA) is 0 Å². The van der Waals surface area contributed by atoms with Crippen molar-refractivity contribution in [3.63, 3.8) is 0 Å². The summed E-state index contributed by atoms with van der Waals surface area (Å²) in [7, 11) is 0. The van der Waals surface area contributed by atoms with Gasteiger partial charge in [-0.25, -0.2) is 0 Å². The molecule has 0 aliphatic heterocycles. The zero-order valence-electron chi connectivity index (χ0n) is 6.09. The first-order valence-electron chi connectivity index (χ1n) is 2.24. The molecule has 0 unspecified atom stereocenters. The number of rotatable bonds is 0. The van der Waals surface area contributed by atoms with Gasteiger partial charge in [0.05, 0.1) is 0 Å². The molecule has 1 aromatic rings. The van der Waals surface area contributed by atoms with E-state index < -0.39 is 0 Å². The molecule has 1 radical (unpaired) electrons. The maximum absolute atomic E-state index is 3.00. The zero-order chi connectivity index (χ0) is 5.11.